The van der Waals surface area contributed by atoms with Gasteiger partial charge in [-0.1, -0.05) is 19.9 Å². The van der Waals surface area contributed by atoms with E-state index in [0.717, 1.165) is 17.8 Å². The van der Waals surface area contributed by atoms with Crippen LogP contribution in [0.5, 0.6) is 0 Å². The number of nitriles is 2. The molecule has 0 heterocycles. The molecular formula is C15H19N3. The number of hydrogen-bond acceptors (Lipinski definition) is 3. The van der Waals surface area contributed by atoms with Crippen molar-refractivity contribution in [2.24, 2.45) is 5.92 Å². The van der Waals surface area contributed by atoms with Crippen LogP contribution in [0.25, 0.3) is 0 Å². The summed E-state index contributed by atoms with van der Waals surface area (Å²) in [4.78, 5) is 2.13. The van der Waals surface area contributed by atoms with Crippen molar-refractivity contribution >= 4 is 5.69 Å². The third-order valence-corrected chi connectivity index (χ3v) is 2.69. The minimum Gasteiger partial charge on any atom is -0.369 e. The molecule has 1 rings (SSSR count). The van der Waals surface area contributed by atoms with E-state index in [0.29, 0.717) is 24.4 Å². The minimum absolute atomic E-state index is 0.478. The SMILES string of the molecule is Cc1ccc(N(CCC#N)CC(C)C)c(C#N)c1. The van der Waals surface area contributed by atoms with Gasteiger partial charge in [0.15, 0.2) is 0 Å². The maximum absolute atomic E-state index is 9.21. The van der Waals surface area contributed by atoms with E-state index >= 15 is 0 Å². The second-order valence-electron chi connectivity index (χ2n) is 4.88. The Morgan fingerprint density at radius 2 is 2.00 bits per heavy atom. The van der Waals surface area contributed by atoms with Crippen LogP contribution < -0.4 is 4.90 Å². The van der Waals surface area contributed by atoms with Crippen LogP contribution in [-0.2, 0) is 0 Å². The van der Waals surface area contributed by atoms with Gasteiger partial charge in [0.2, 0.25) is 0 Å². The van der Waals surface area contributed by atoms with Crippen LogP contribution in [0.3, 0.4) is 0 Å². The molecule has 0 spiro atoms. The molecule has 0 amide bonds. The van der Waals surface area contributed by atoms with Gasteiger partial charge in [-0.3, -0.25) is 0 Å². The first-order valence-electron chi connectivity index (χ1n) is 6.21. The molecule has 0 saturated carbocycles. The third kappa shape index (κ3) is 3.79. The van der Waals surface area contributed by atoms with Crippen molar-refractivity contribution in [3.8, 4) is 12.1 Å². The maximum Gasteiger partial charge on any atom is 0.101 e. The lowest BCUT2D eigenvalue weighted by Crippen LogP contribution is -2.29. The Balaban J connectivity index is 3.04. The lowest BCUT2D eigenvalue weighted by molar-refractivity contribution is 0.612. The van der Waals surface area contributed by atoms with Gasteiger partial charge in [-0.25, -0.2) is 0 Å². The van der Waals surface area contributed by atoms with Crippen molar-refractivity contribution in [1.82, 2.24) is 0 Å². The summed E-state index contributed by atoms with van der Waals surface area (Å²) in [6.07, 6.45) is 0.478. The Bertz CT molecular complexity index is 477. The molecule has 1 aromatic rings. The van der Waals surface area contributed by atoms with Crippen molar-refractivity contribution in [3.05, 3.63) is 29.3 Å². The van der Waals surface area contributed by atoms with Crippen LogP contribution in [0.4, 0.5) is 5.69 Å². The standard InChI is InChI=1S/C15H19N3/c1-12(2)11-18(8-4-7-16)15-6-5-13(3)9-14(15)10-17/h5-6,9,12H,4,8,11H2,1-3H3. The van der Waals surface area contributed by atoms with Crippen molar-refractivity contribution in [1.29, 1.82) is 10.5 Å². The quantitative estimate of drug-likeness (QED) is 0.795. The minimum atomic E-state index is 0.478. The normalized spacial score (nSPS) is 9.89. The van der Waals surface area contributed by atoms with Crippen LogP contribution in [0.15, 0.2) is 18.2 Å². The third-order valence-electron chi connectivity index (χ3n) is 2.69. The highest BCUT2D eigenvalue weighted by atomic mass is 15.1. The number of rotatable bonds is 5. The van der Waals surface area contributed by atoms with Crippen LogP contribution in [-0.4, -0.2) is 13.1 Å². The van der Waals surface area contributed by atoms with Crippen LogP contribution in [0.2, 0.25) is 0 Å². The van der Waals surface area contributed by atoms with Gasteiger partial charge in [-0.2, -0.15) is 10.5 Å². The molecule has 3 heteroatoms. The van der Waals surface area contributed by atoms with E-state index in [1.54, 1.807) is 0 Å². The lowest BCUT2D eigenvalue weighted by atomic mass is 10.1. The number of aryl methyl sites for hydroxylation is 1. The summed E-state index contributed by atoms with van der Waals surface area (Å²) in [5.74, 6) is 0.497. The highest BCUT2D eigenvalue weighted by Crippen LogP contribution is 2.22. The summed E-state index contributed by atoms with van der Waals surface area (Å²) < 4.78 is 0. The van der Waals surface area contributed by atoms with Crippen molar-refractivity contribution in [2.75, 3.05) is 18.0 Å². The molecule has 0 bridgehead atoms. The lowest BCUT2D eigenvalue weighted by Gasteiger charge is -2.26. The van der Waals surface area contributed by atoms with E-state index in [4.69, 9.17) is 5.26 Å². The van der Waals surface area contributed by atoms with E-state index in [2.05, 4.69) is 30.9 Å². The Kier molecular flexibility index (Phi) is 5.21. The van der Waals surface area contributed by atoms with Gasteiger partial charge in [-0.15, -0.1) is 0 Å². The van der Waals surface area contributed by atoms with Gasteiger partial charge in [0, 0.05) is 13.1 Å². The second-order valence-corrected chi connectivity index (χ2v) is 4.88. The highest BCUT2D eigenvalue weighted by Gasteiger charge is 2.12. The first kappa shape index (κ1) is 14.1. The first-order valence-corrected chi connectivity index (χ1v) is 6.21. The fourth-order valence-corrected chi connectivity index (χ4v) is 1.95. The molecular weight excluding hydrogens is 222 g/mol. The summed E-state index contributed by atoms with van der Waals surface area (Å²) in [6, 6.07) is 10.3. The average molecular weight is 241 g/mol. The fraction of sp³-hybridized carbons (Fsp3) is 0.467. The Hall–Kier alpha value is -2.00. The predicted molar refractivity (Wildman–Crippen MR) is 73.2 cm³/mol. The van der Waals surface area contributed by atoms with Gasteiger partial charge in [-0.05, 0) is 30.5 Å². The zero-order valence-corrected chi connectivity index (χ0v) is 11.3. The molecule has 0 fully saturated rings. The monoisotopic (exact) mass is 241 g/mol. The molecule has 0 radical (unpaired) electrons. The summed E-state index contributed by atoms with van der Waals surface area (Å²) in [5.41, 5.74) is 2.71. The fourth-order valence-electron chi connectivity index (χ4n) is 1.95. The largest absolute Gasteiger partial charge is 0.369 e. The Labute approximate surface area is 109 Å². The number of benzene rings is 1. The van der Waals surface area contributed by atoms with E-state index in [1.165, 1.54) is 0 Å². The van der Waals surface area contributed by atoms with E-state index in [-0.39, 0.29) is 0 Å². The molecule has 0 saturated heterocycles. The molecule has 1 aromatic carbocycles. The van der Waals surface area contributed by atoms with E-state index < -0.39 is 0 Å². The summed E-state index contributed by atoms with van der Waals surface area (Å²) in [5, 5.41) is 17.9. The maximum atomic E-state index is 9.21. The van der Waals surface area contributed by atoms with Crippen LogP contribution in [0, 0.1) is 35.5 Å². The zero-order chi connectivity index (χ0) is 13.5. The molecule has 94 valence electrons. The first-order chi connectivity index (χ1) is 8.58. The van der Waals surface area contributed by atoms with Crippen LogP contribution in [0.1, 0.15) is 31.4 Å². The van der Waals surface area contributed by atoms with Gasteiger partial charge in [0.25, 0.3) is 0 Å². The molecule has 0 aromatic heterocycles. The average Bonchev–Trinajstić information content (AvgIpc) is 2.34. The molecule has 18 heavy (non-hydrogen) atoms. The summed E-state index contributed by atoms with van der Waals surface area (Å²) in [7, 11) is 0. The van der Waals surface area contributed by atoms with Crippen molar-refractivity contribution < 1.29 is 0 Å². The highest BCUT2D eigenvalue weighted by molar-refractivity contribution is 5.60. The molecule has 0 aliphatic heterocycles. The summed E-state index contributed by atoms with van der Waals surface area (Å²) in [6.45, 7) is 7.79. The van der Waals surface area contributed by atoms with E-state index in [9.17, 15) is 5.26 Å². The molecule has 3 nitrogen and oxygen atoms in total. The number of hydrogen-bond donors (Lipinski definition) is 0. The van der Waals surface area contributed by atoms with E-state index in [1.807, 2.05) is 25.1 Å². The zero-order valence-electron chi connectivity index (χ0n) is 11.3. The Morgan fingerprint density at radius 1 is 1.28 bits per heavy atom. The smallest absolute Gasteiger partial charge is 0.101 e. The number of nitrogens with zero attached hydrogens (tertiary/aromatic N) is 3. The molecule has 0 aliphatic carbocycles. The van der Waals surface area contributed by atoms with Crippen LogP contribution >= 0.6 is 0 Å². The summed E-state index contributed by atoms with van der Waals surface area (Å²) >= 11 is 0. The molecule has 0 aliphatic rings. The van der Waals surface area contributed by atoms with Gasteiger partial charge >= 0.3 is 0 Å². The second kappa shape index (κ2) is 6.67. The Morgan fingerprint density at radius 3 is 2.56 bits per heavy atom. The topological polar surface area (TPSA) is 50.8 Å². The van der Waals surface area contributed by atoms with Gasteiger partial charge < -0.3 is 4.90 Å². The molecule has 0 atom stereocenters. The van der Waals surface area contributed by atoms with Gasteiger partial charge in [0.05, 0.1) is 23.7 Å². The van der Waals surface area contributed by atoms with Gasteiger partial charge in [0.1, 0.15) is 6.07 Å². The molecule has 0 N–H and O–H groups in total. The molecule has 0 unspecified atom stereocenters. The van der Waals surface area contributed by atoms with Crippen molar-refractivity contribution in [2.45, 2.75) is 27.2 Å². The predicted octanol–water partition coefficient (Wildman–Crippen LogP) is 3.24. The number of anilines is 1. The van der Waals surface area contributed by atoms with Crippen molar-refractivity contribution in [3.63, 3.8) is 0 Å².